The maximum absolute atomic E-state index is 5.65. The summed E-state index contributed by atoms with van der Waals surface area (Å²) < 4.78 is 5.65. The Morgan fingerprint density at radius 2 is 2.06 bits per heavy atom. The van der Waals surface area contributed by atoms with E-state index in [9.17, 15) is 0 Å². The van der Waals surface area contributed by atoms with Crippen molar-refractivity contribution < 1.29 is 4.42 Å². The van der Waals surface area contributed by atoms with E-state index in [4.69, 9.17) is 10.3 Å². The van der Waals surface area contributed by atoms with Crippen LogP contribution in [0.1, 0.15) is 38.2 Å². The van der Waals surface area contributed by atoms with E-state index in [-0.39, 0.29) is 0 Å². The molecule has 3 N–H and O–H groups in total. The lowest BCUT2D eigenvalue weighted by atomic mass is 10.3. The first-order valence-electron chi connectivity index (χ1n) is 6.03. The summed E-state index contributed by atoms with van der Waals surface area (Å²) in [6.45, 7) is 8.07. The van der Waals surface area contributed by atoms with E-state index < -0.39 is 0 Å². The first-order chi connectivity index (χ1) is 7.80. The topological polar surface area (TPSA) is 54.4 Å². The van der Waals surface area contributed by atoms with Crippen LogP contribution in [0.25, 0.3) is 0 Å². The largest absolute Gasteiger partial charge is 0.463 e. The number of nitrogens with zero attached hydrogens (tertiary/aromatic N) is 1. The Labute approximate surface area is 97.8 Å². The summed E-state index contributed by atoms with van der Waals surface area (Å²) in [6, 6.07) is 4.00. The zero-order valence-corrected chi connectivity index (χ0v) is 10.3. The number of nitrogens with one attached hydrogen (secondary N) is 1. The van der Waals surface area contributed by atoms with Crippen molar-refractivity contribution in [1.29, 1.82) is 0 Å². The van der Waals surface area contributed by atoms with Crippen LogP contribution in [0.2, 0.25) is 0 Å². The van der Waals surface area contributed by atoms with Gasteiger partial charge in [0.2, 0.25) is 0 Å². The number of unbranched alkanes of at least 4 members (excludes halogenated alkanes) is 1. The highest BCUT2D eigenvalue weighted by molar-refractivity contribution is 5.06. The lowest BCUT2D eigenvalue weighted by Gasteiger charge is -2.18. The molecule has 0 aliphatic carbocycles. The molecule has 0 saturated heterocycles. The maximum atomic E-state index is 5.65. The number of hydrazine groups is 1. The van der Waals surface area contributed by atoms with E-state index in [1.165, 1.54) is 12.8 Å². The van der Waals surface area contributed by atoms with E-state index >= 15 is 0 Å². The molecule has 0 spiro atoms. The van der Waals surface area contributed by atoms with Crippen molar-refractivity contribution in [2.75, 3.05) is 13.1 Å². The average Bonchev–Trinajstić information content (AvgIpc) is 2.72. The van der Waals surface area contributed by atoms with Gasteiger partial charge < -0.3 is 4.42 Å². The Kier molecular flexibility index (Phi) is 6.15. The van der Waals surface area contributed by atoms with E-state index in [0.29, 0.717) is 6.54 Å². The van der Waals surface area contributed by atoms with Gasteiger partial charge in [-0.15, -0.1) is 0 Å². The molecule has 1 rings (SSSR count). The predicted octanol–water partition coefficient (Wildman–Crippen LogP) is 1.86. The van der Waals surface area contributed by atoms with Gasteiger partial charge in [-0.25, -0.2) is 0 Å². The molecular weight excluding hydrogens is 202 g/mol. The van der Waals surface area contributed by atoms with Crippen LogP contribution in [-0.4, -0.2) is 18.0 Å². The first-order valence-corrected chi connectivity index (χ1v) is 6.03. The Bertz CT molecular complexity index is 286. The fraction of sp³-hybridized carbons (Fsp3) is 0.667. The molecule has 1 aromatic rings. The lowest BCUT2D eigenvalue weighted by Crippen LogP contribution is -2.23. The minimum Gasteiger partial charge on any atom is -0.463 e. The van der Waals surface area contributed by atoms with E-state index in [1.54, 1.807) is 0 Å². The second kappa shape index (κ2) is 7.44. The summed E-state index contributed by atoms with van der Waals surface area (Å²) in [4.78, 5) is 2.39. The zero-order valence-electron chi connectivity index (χ0n) is 10.3. The van der Waals surface area contributed by atoms with Crippen LogP contribution >= 0.6 is 0 Å². The van der Waals surface area contributed by atoms with Gasteiger partial charge in [0.1, 0.15) is 11.5 Å². The molecule has 92 valence electrons. The molecule has 1 heterocycles. The molecule has 0 atom stereocenters. The van der Waals surface area contributed by atoms with Crippen molar-refractivity contribution in [3.63, 3.8) is 0 Å². The molecular formula is C12H23N3O. The lowest BCUT2D eigenvalue weighted by molar-refractivity contribution is 0.249. The SMILES string of the molecule is CCCCN(CC)Cc1ccc(CNN)o1. The Morgan fingerprint density at radius 1 is 1.31 bits per heavy atom. The van der Waals surface area contributed by atoms with Crippen molar-refractivity contribution in [3.8, 4) is 0 Å². The standard InChI is InChI=1S/C12H23N3O/c1-3-5-8-15(4-2)10-12-7-6-11(16-12)9-14-13/h6-7,14H,3-5,8-10,13H2,1-2H3. The Balaban J connectivity index is 2.43. The van der Waals surface area contributed by atoms with Crippen molar-refractivity contribution in [1.82, 2.24) is 10.3 Å². The second-order valence-electron chi connectivity index (χ2n) is 3.97. The summed E-state index contributed by atoms with van der Waals surface area (Å²) in [5, 5.41) is 0. The molecule has 4 heteroatoms. The molecule has 0 saturated carbocycles. The van der Waals surface area contributed by atoms with Gasteiger partial charge in [-0.3, -0.25) is 16.2 Å². The van der Waals surface area contributed by atoms with Gasteiger partial charge in [-0.05, 0) is 31.6 Å². The normalized spacial score (nSPS) is 11.2. The van der Waals surface area contributed by atoms with E-state index in [0.717, 1.165) is 31.2 Å². The maximum Gasteiger partial charge on any atom is 0.119 e. The second-order valence-corrected chi connectivity index (χ2v) is 3.97. The number of rotatable bonds is 8. The monoisotopic (exact) mass is 225 g/mol. The molecule has 0 amide bonds. The van der Waals surface area contributed by atoms with Gasteiger partial charge in [0.05, 0.1) is 13.1 Å². The molecule has 0 fully saturated rings. The van der Waals surface area contributed by atoms with Crippen LogP contribution in [0.15, 0.2) is 16.5 Å². The summed E-state index contributed by atoms with van der Waals surface area (Å²) in [6.07, 6.45) is 2.47. The molecule has 16 heavy (non-hydrogen) atoms. The minimum absolute atomic E-state index is 0.584. The van der Waals surface area contributed by atoms with Gasteiger partial charge in [0.15, 0.2) is 0 Å². The molecule has 0 aliphatic rings. The van der Waals surface area contributed by atoms with Gasteiger partial charge in [-0.1, -0.05) is 20.3 Å². The highest BCUT2D eigenvalue weighted by Gasteiger charge is 2.06. The number of nitrogens with two attached hydrogens (primary N) is 1. The van der Waals surface area contributed by atoms with Gasteiger partial charge in [0.25, 0.3) is 0 Å². The predicted molar refractivity (Wildman–Crippen MR) is 65.6 cm³/mol. The molecule has 0 bridgehead atoms. The Morgan fingerprint density at radius 3 is 2.69 bits per heavy atom. The zero-order chi connectivity index (χ0) is 11.8. The van der Waals surface area contributed by atoms with E-state index in [1.807, 2.05) is 12.1 Å². The van der Waals surface area contributed by atoms with Crippen LogP contribution in [0, 0.1) is 0 Å². The number of hydrogen-bond donors (Lipinski definition) is 2. The van der Waals surface area contributed by atoms with Crippen LogP contribution in [0.5, 0.6) is 0 Å². The smallest absolute Gasteiger partial charge is 0.119 e. The first kappa shape index (κ1) is 13.2. The van der Waals surface area contributed by atoms with Crippen molar-refractivity contribution >= 4 is 0 Å². The average molecular weight is 225 g/mol. The summed E-state index contributed by atoms with van der Waals surface area (Å²) in [7, 11) is 0. The third kappa shape index (κ3) is 4.35. The quantitative estimate of drug-likeness (QED) is 0.524. The summed E-state index contributed by atoms with van der Waals surface area (Å²) >= 11 is 0. The van der Waals surface area contributed by atoms with E-state index in [2.05, 4.69) is 24.2 Å². The Hall–Kier alpha value is -0.840. The highest BCUT2D eigenvalue weighted by Crippen LogP contribution is 2.10. The molecule has 4 nitrogen and oxygen atoms in total. The fourth-order valence-corrected chi connectivity index (χ4v) is 1.65. The number of furan rings is 1. The summed E-state index contributed by atoms with van der Waals surface area (Å²) in [5.41, 5.74) is 2.59. The van der Waals surface area contributed by atoms with Gasteiger partial charge >= 0.3 is 0 Å². The number of hydrogen-bond acceptors (Lipinski definition) is 4. The molecule has 0 aliphatic heterocycles. The third-order valence-electron chi connectivity index (χ3n) is 2.65. The molecule has 1 aromatic heterocycles. The van der Waals surface area contributed by atoms with Crippen LogP contribution in [-0.2, 0) is 13.1 Å². The minimum atomic E-state index is 0.584. The van der Waals surface area contributed by atoms with Crippen molar-refractivity contribution in [3.05, 3.63) is 23.7 Å². The summed E-state index contributed by atoms with van der Waals surface area (Å²) in [5.74, 6) is 7.15. The molecule has 0 unspecified atom stereocenters. The van der Waals surface area contributed by atoms with Crippen LogP contribution in [0.3, 0.4) is 0 Å². The van der Waals surface area contributed by atoms with Crippen molar-refractivity contribution in [2.24, 2.45) is 5.84 Å². The van der Waals surface area contributed by atoms with Crippen LogP contribution in [0.4, 0.5) is 0 Å². The van der Waals surface area contributed by atoms with Gasteiger partial charge in [-0.2, -0.15) is 0 Å². The third-order valence-corrected chi connectivity index (χ3v) is 2.65. The molecule has 0 radical (unpaired) electrons. The van der Waals surface area contributed by atoms with Crippen molar-refractivity contribution in [2.45, 2.75) is 39.8 Å². The van der Waals surface area contributed by atoms with Crippen LogP contribution < -0.4 is 11.3 Å². The molecule has 0 aromatic carbocycles. The van der Waals surface area contributed by atoms with Gasteiger partial charge in [0, 0.05) is 0 Å². The fourth-order valence-electron chi connectivity index (χ4n) is 1.65. The highest BCUT2D eigenvalue weighted by atomic mass is 16.3.